The van der Waals surface area contributed by atoms with Crippen LogP contribution in [0.3, 0.4) is 0 Å². The van der Waals surface area contributed by atoms with Gasteiger partial charge in [0.15, 0.2) is 0 Å². The van der Waals surface area contributed by atoms with Gasteiger partial charge in [0.1, 0.15) is 5.75 Å². The van der Waals surface area contributed by atoms with Crippen LogP contribution >= 0.6 is 0 Å². The molecule has 2 aliphatic rings. The van der Waals surface area contributed by atoms with E-state index in [4.69, 9.17) is 4.74 Å². The molecule has 0 spiro atoms. The Morgan fingerprint density at radius 3 is 2.76 bits per heavy atom. The van der Waals surface area contributed by atoms with E-state index in [9.17, 15) is 0 Å². The van der Waals surface area contributed by atoms with E-state index in [2.05, 4.69) is 37.4 Å². The Hall–Kier alpha value is -1.02. The first kappa shape index (κ1) is 11.1. The largest absolute Gasteiger partial charge is 0.493 e. The molecule has 2 heteroatoms. The summed E-state index contributed by atoms with van der Waals surface area (Å²) in [6, 6.07) is 7.85. The summed E-state index contributed by atoms with van der Waals surface area (Å²) in [5.41, 5.74) is 2.72. The van der Waals surface area contributed by atoms with Crippen molar-refractivity contribution >= 4 is 0 Å². The number of ether oxygens (including phenoxy) is 1. The summed E-state index contributed by atoms with van der Waals surface area (Å²) < 4.78 is 5.91. The van der Waals surface area contributed by atoms with Gasteiger partial charge in [-0.25, -0.2) is 0 Å². The molecule has 17 heavy (non-hydrogen) atoms. The summed E-state index contributed by atoms with van der Waals surface area (Å²) >= 11 is 0. The van der Waals surface area contributed by atoms with Crippen LogP contribution in [0.5, 0.6) is 5.75 Å². The lowest BCUT2D eigenvalue weighted by Crippen LogP contribution is -2.29. The van der Waals surface area contributed by atoms with E-state index in [-0.39, 0.29) is 0 Å². The molecule has 0 radical (unpaired) electrons. The zero-order valence-corrected chi connectivity index (χ0v) is 10.7. The molecule has 0 aromatic heterocycles. The van der Waals surface area contributed by atoms with Crippen molar-refractivity contribution in [2.24, 2.45) is 0 Å². The molecule has 0 saturated heterocycles. The molecule has 1 heterocycles. The van der Waals surface area contributed by atoms with Gasteiger partial charge in [0, 0.05) is 24.1 Å². The highest BCUT2D eigenvalue weighted by molar-refractivity contribution is 5.46. The van der Waals surface area contributed by atoms with Gasteiger partial charge in [-0.05, 0) is 24.3 Å². The number of rotatable bonds is 3. The van der Waals surface area contributed by atoms with Crippen molar-refractivity contribution in [3.63, 3.8) is 0 Å². The maximum absolute atomic E-state index is 5.91. The van der Waals surface area contributed by atoms with Gasteiger partial charge in [0.2, 0.25) is 0 Å². The summed E-state index contributed by atoms with van der Waals surface area (Å²) in [7, 11) is 0. The van der Waals surface area contributed by atoms with Crippen LogP contribution in [0.1, 0.15) is 56.2 Å². The van der Waals surface area contributed by atoms with E-state index < -0.39 is 0 Å². The lowest BCUT2D eigenvalue weighted by atomic mass is 9.93. The van der Waals surface area contributed by atoms with Gasteiger partial charge in [-0.15, -0.1) is 0 Å². The Morgan fingerprint density at radius 1 is 1.24 bits per heavy atom. The molecular weight excluding hydrogens is 210 g/mol. The van der Waals surface area contributed by atoms with Crippen LogP contribution in [0.15, 0.2) is 18.2 Å². The van der Waals surface area contributed by atoms with Crippen molar-refractivity contribution in [2.75, 3.05) is 6.61 Å². The number of para-hydroxylation sites is 1. The first-order valence-corrected chi connectivity index (χ1v) is 6.77. The Balaban J connectivity index is 1.93. The lowest BCUT2D eigenvalue weighted by molar-refractivity contribution is 0.248. The van der Waals surface area contributed by atoms with Gasteiger partial charge < -0.3 is 10.1 Å². The molecular formula is C15H21NO. The summed E-state index contributed by atoms with van der Waals surface area (Å²) in [6.07, 6.45) is 3.79. The number of hydrogen-bond donors (Lipinski definition) is 1. The topological polar surface area (TPSA) is 21.3 Å². The van der Waals surface area contributed by atoms with Crippen LogP contribution in [0.4, 0.5) is 0 Å². The minimum Gasteiger partial charge on any atom is -0.493 e. The number of nitrogens with one attached hydrogen (secondary N) is 1. The van der Waals surface area contributed by atoms with Gasteiger partial charge in [0.25, 0.3) is 0 Å². The van der Waals surface area contributed by atoms with Crippen molar-refractivity contribution < 1.29 is 4.74 Å². The third-order valence-corrected chi connectivity index (χ3v) is 3.74. The minimum atomic E-state index is 0.505. The molecule has 1 aliphatic carbocycles. The van der Waals surface area contributed by atoms with Gasteiger partial charge in [-0.1, -0.05) is 32.0 Å². The molecule has 2 nitrogen and oxygen atoms in total. The van der Waals surface area contributed by atoms with E-state index in [1.165, 1.54) is 24.0 Å². The van der Waals surface area contributed by atoms with Crippen molar-refractivity contribution in [1.29, 1.82) is 0 Å². The highest BCUT2D eigenvalue weighted by Gasteiger charge is 2.29. The second kappa shape index (κ2) is 4.34. The molecule has 0 bridgehead atoms. The van der Waals surface area contributed by atoms with E-state index in [1.807, 2.05) is 0 Å². The fourth-order valence-corrected chi connectivity index (χ4v) is 2.61. The van der Waals surface area contributed by atoms with Crippen LogP contribution < -0.4 is 10.1 Å². The van der Waals surface area contributed by atoms with Crippen molar-refractivity contribution in [1.82, 2.24) is 5.32 Å². The molecule has 1 unspecified atom stereocenters. The second-order valence-corrected chi connectivity index (χ2v) is 5.55. The number of hydrogen-bond acceptors (Lipinski definition) is 2. The molecule has 1 atom stereocenters. The molecule has 3 rings (SSSR count). The molecule has 1 aromatic carbocycles. The average Bonchev–Trinajstić information content (AvgIpc) is 3.12. The summed E-state index contributed by atoms with van der Waals surface area (Å²) in [4.78, 5) is 0. The molecule has 0 amide bonds. The summed E-state index contributed by atoms with van der Waals surface area (Å²) in [5, 5.41) is 3.74. The Morgan fingerprint density at radius 2 is 2.06 bits per heavy atom. The Kier molecular flexibility index (Phi) is 2.83. The molecule has 92 valence electrons. The van der Waals surface area contributed by atoms with Gasteiger partial charge in [-0.2, -0.15) is 0 Å². The van der Waals surface area contributed by atoms with Crippen LogP contribution in [0, 0.1) is 0 Å². The first-order chi connectivity index (χ1) is 8.25. The predicted molar refractivity (Wildman–Crippen MR) is 69.5 cm³/mol. The van der Waals surface area contributed by atoms with E-state index >= 15 is 0 Å². The van der Waals surface area contributed by atoms with E-state index in [0.29, 0.717) is 12.0 Å². The predicted octanol–water partition coefficient (Wildman–Crippen LogP) is 3.39. The Labute approximate surface area is 103 Å². The molecule has 1 N–H and O–H groups in total. The lowest BCUT2D eigenvalue weighted by Gasteiger charge is -2.29. The van der Waals surface area contributed by atoms with Crippen molar-refractivity contribution in [2.45, 2.75) is 51.1 Å². The SMILES string of the molecule is CC(C)c1cccc2c1OCCC2NC1CC1. The van der Waals surface area contributed by atoms with Crippen molar-refractivity contribution in [3.05, 3.63) is 29.3 Å². The third-order valence-electron chi connectivity index (χ3n) is 3.74. The maximum Gasteiger partial charge on any atom is 0.127 e. The minimum absolute atomic E-state index is 0.505. The van der Waals surface area contributed by atoms with Gasteiger partial charge in [0.05, 0.1) is 6.61 Å². The fourth-order valence-electron chi connectivity index (χ4n) is 2.61. The van der Waals surface area contributed by atoms with E-state index in [0.717, 1.165) is 24.8 Å². The fraction of sp³-hybridized carbons (Fsp3) is 0.600. The van der Waals surface area contributed by atoms with Crippen LogP contribution in [-0.4, -0.2) is 12.6 Å². The standard InChI is InChI=1S/C15H21NO/c1-10(2)12-4-3-5-13-14(16-11-6-7-11)8-9-17-15(12)13/h3-5,10-11,14,16H,6-9H2,1-2H3. The van der Waals surface area contributed by atoms with Crippen LogP contribution in [0.25, 0.3) is 0 Å². The number of fused-ring (bicyclic) bond motifs is 1. The summed E-state index contributed by atoms with van der Waals surface area (Å²) in [5.74, 6) is 1.68. The highest BCUT2D eigenvalue weighted by Crippen LogP contribution is 2.39. The average molecular weight is 231 g/mol. The normalized spacial score (nSPS) is 23.4. The zero-order chi connectivity index (χ0) is 11.8. The first-order valence-electron chi connectivity index (χ1n) is 6.77. The maximum atomic E-state index is 5.91. The highest BCUT2D eigenvalue weighted by atomic mass is 16.5. The second-order valence-electron chi connectivity index (χ2n) is 5.55. The monoisotopic (exact) mass is 231 g/mol. The molecule has 1 fully saturated rings. The zero-order valence-electron chi connectivity index (χ0n) is 10.7. The summed E-state index contributed by atoms with van der Waals surface area (Å²) in [6.45, 7) is 5.31. The third kappa shape index (κ3) is 2.19. The van der Waals surface area contributed by atoms with Gasteiger partial charge in [-0.3, -0.25) is 0 Å². The van der Waals surface area contributed by atoms with E-state index in [1.54, 1.807) is 0 Å². The Bertz CT molecular complexity index is 409. The smallest absolute Gasteiger partial charge is 0.127 e. The molecule has 1 aliphatic heterocycles. The molecule has 1 saturated carbocycles. The van der Waals surface area contributed by atoms with Crippen LogP contribution in [-0.2, 0) is 0 Å². The van der Waals surface area contributed by atoms with Crippen molar-refractivity contribution in [3.8, 4) is 5.75 Å². The molecule has 1 aromatic rings. The van der Waals surface area contributed by atoms with Gasteiger partial charge >= 0.3 is 0 Å². The number of benzene rings is 1. The van der Waals surface area contributed by atoms with Crippen LogP contribution in [0.2, 0.25) is 0 Å². The quantitative estimate of drug-likeness (QED) is 0.861.